The molecule has 7 nitrogen and oxygen atoms in total. The minimum atomic E-state index is -4.78. The normalized spacial score (nSPS) is 13.5. The van der Waals surface area contributed by atoms with E-state index >= 15 is 0 Å². The first-order chi connectivity index (χ1) is 13.3. The quantitative estimate of drug-likeness (QED) is 0.717. The van der Waals surface area contributed by atoms with Gasteiger partial charge in [0.15, 0.2) is 16.6 Å². The predicted octanol–water partition coefficient (Wildman–Crippen LogP) is 2.89. The van der Waals surface area contributed by atoms with E-state index in [0.29, 0.717) is 40.9 Å². The zero-order valence-electron chi connectivity index (χ0n) is 14.1. The summed E-state index contributed by atoms with van der Waals surface area (Å²) in [6.45, 7) is 0.298. The van der Waals surface area contributed by atoms with Gasteiger partial charge in [-0.2, -0.15) is 13.2 Å². The minimum absolute atomic E-state index is 0.252. The maximum atomic E-state index is 12.8. The van der Waals surface area contributed by atoms with Crippen molar-refractivity contribution in [3.05, 3.63) is 46.4 Å². The van der Waals surface area contributed by atoms with Crippen molar-refractivity contribution in [2.75, 3.05) is 18.5 Å². The number of carbonyl (C=O) groups is 1. The molecule has 11 heteroatoms. The first-order valence-electron chi connectivity index (χ1n) is 8.08. The highest BCUT2D eigenvalue weighted by Gasteiger charge is 2.34. The Hall–Kier alpha value is -3.08. The number of anilines is 1. The number of amides is 1. The Balaban J connectivity index is 1.54. The number of hydrogen-bond donors (Lipinski definition) is 1. The Bertz CT molecular complexity index is 1080. The Morgan fingerprint density at radius 1 is 1.25 bits per heavy atom. The summed E-state index contributed by atoms with van der Waals surface area (Å²) < 4.78 is 50.9. The number of benzene rings is 1. The lowest BCUT2D eigenvalue weighted by atomic mass is 10.2. The van der Waals surface area contributed by atoms with Crippen LogP contribution >= 0.6 is 11.3 Å². The molecule has 0 saturated carbocycles. The maximum absolute atomic E-state index is 12.8. The number of ether oxygens (including phenoxy) is 2. The Kier molecular flexibility index (Phi) is 4.46. The van der Waals surface area contributed by atoms with Gasteiger partial charge in [-0.15, -0.1) is 0 Å². The number of rotatable bonds is 3. The van der Waals surface area contributed by atoms with Crippen molar-refractivity contribution in [3.63, 3.8) is 0 Å². The van der Waals surface area contributed by atoms with E-state index in [1.807, 2.05) is 0 Å². The van der Waals surface area contributed by atoms with E-state index < -0.39 is 29.8 Å². The summed E-state index contributed by atoms with van der Waals surface area (Å²) in [7, 11) is 0. The molecule has 4 rings (SSSR count). The summed E-state index contributed by atoms with van der Waals surface area (Å²) in [6, 6.07) is 5.18. The van der Waals surface area contributed by atoms with E-state index in [1.54, 1.807) is 12.1 Å². The second-order valence-corrected chi connectivity index (χ2v) is 6.91. The molecule has 1 aliphatic heterocycles. The average molecular weight is 411 g/mol. The fourth-order valence-electron chi connectivity index (χ4n) is 2.71. The molecule has 1 aliphatic rings. The second-order valence-electron chi connectivity index (χ2n) is 5.88. The zero-order chi connectivity index (χ0) is 19.9. The summed E-state index contributed by atoms with van der Waals surface area (Å²) in [5, 5.41) is 2.75. The van der Waals surface area contributed by atoms with E-state index in [2.05, 4.69) is 10.3 Å². The number of nitrogens with one attached hydrogen (secondary N) is 1. The molecule has 146 valence electrons. The second kappa shape index (κ2) is 6.82. The van der Waals surface area contributed by atoms with Crippen LogP contribution in [0.3, 0.4) is 0 Å². The van der Waals surface area contributed by atoms with Gasteiger partial charge in [0, 0.05) is 18.3 Å². The number of aromatic nitrogens is 2. The minimum Gasteiger partial charge on any atom is -0.486 e. The molecule has 0 spiro atoms. The molecular formula is C17H12F3N3O4S. The fourth-order valence-corrected chi connectivity index (χ4v) is 3.60. The lowest BCUT2D eigenvalue weighted by Crippen LogP contribution is -2.31. The summed E-state index contributed by atoms with van der Waals surface area (Å²) in [5.41, 5.74) is -2.02. The van der Waals surface area contributed by atoms with Crippen molar-refractivity contribution in [1.82, 2.24) is 9.55 Å². The largest absolute Gasteiger partial charge is 0.486 e. The molecule has 3 aromatic rings. The van der Waals surface area contributed by atoms with Crippen LogP contribution in [0, 0.1) is 0 Å². The molecule has 0 saturated heterocycles. The van der Waals surface area contributed by atoms with Crippen LogP contribution < -0.4 is 20.3 Å². The summed E-state index contributed by atoms with van der Waals surface area (Å²) >= 11 is 1.17. The van der Waals surface area contributed by atoms with E-state index in [-0.39, 0.29) is 5.13 Å². The van der Waals surface area contributed by atoms with Crippen LogP contribution in [0.25, 0.3) is 10.2 Å². The Labute approximate surface area is 159 Å². The van der Waals surface area contributed by atoms with Gasteiger partial charge in [0.25, 0.3) is 5.56 Å². The van der Waals surface area contributed by atoms with E-state index in [0.717, 1.165) is 17.0 Å². The monoisotopic (exact) mass is 411 g/mol. The highest BCUT2D eigenvalue weighted by atomic mass is 32.1. The molecule has 0 radical (unpaired) electrons. The van der Waals surface area contributed by atoms with Crippen molar-refractivity contribution < 1.29 is 27.4 Å². The van der Waals surface area contributed by atoms with Crippen LogP contribution in [0.5, 0.6) is 11.5 Å². The van der Waals surface area contributed by atoms with Crippen LogP contribution in [0.1, 0.15) is 5.56 Å². The van der Waals surface area contributed by atoms with Crippen molar-refractivity contribution in [2.45, 2.75) is 12.7 Å². The number of halogens is 3. The summed E-state index contributed by atoms with van der Waals surface area (Å²) in [6.07, 6.45) is -3.66. The predicted molar refractivity (Wildman–Crippen MR) is 94.9 cm³/mol. The molecule has 1 N–H and O–H groups in total. The van der Waals surface area contributed by atoms with Crippen molar-refractivity contribution >= 4 is 32.6 Å². The first-order valence-corrected chi connectivity index (χ1v) is 8.89. The standard InChI is InChI=1S/C17H12F3N3O4S/c18-17(19,20)9-2-1-3-23(15(9)25)8-14(24)22-16-21-10-6-11-12(7-13(10)28-16)27-5-4-26-11/h1-3,6-7H,4-5,8H2,(H,21,22,24). The molecule has 1 amide bonds. The molecule has 2 aromatic heterocycles. The van der Waals surface area contributed by atoms with Gasteiger partial charge in [0.2, 0.25) is 5.91 Å². The number of hydrogen-bond acceptors (Lipinski definition) is 6. The molecule has 0 fully saturated rings. The number of carbonyl (C=O) groups excluding carboxylic acids is 1. The maximum Gasteiger partial charge on any atom is 0.421 e. The first kappa shape index (κ1) is 18.3. The smallest absolute Gasteiger partial charge is 0.421 e. The van der Waals surface area contributed by atoms with Gasteiger partial charge in [-0.1, -0.05) is 11.3 Å². The number of fused-ring (bicyclic) bond motifs is 2. The molecule has 3 heterocycles. The summed E-state index contributed by atoms with van der Waals surface area (Å²) in [4.78, 5) is 28.4. The van der Waals surface area contributed by atoms with Crippen LogP contribution in [-0.2, 0) is 17.5 Å². The van der Waals surface area contributed by atoms with Gasteiger partial charge in [-0.05, 0) is 12.1 Å². The van der Waals surface area contributed by atoms with Gasteiger partial charge in [-0.3, -0.25) is 9.59 Å². The third-order valence-corrected chi connectivity index (χ3v) is 4.87. The molecule has 1 aromatic carbocycles. The third kappa shape index (κ3) is 3.52. The molecule has 0 aliphatic carbocycles. The van der Waals surface area contributed by atoms with Crippen LogP contribution in [-0.4, -0.2) is 28.7 Å². The van der Waals surface area contributed by atoms with Gasteiger partial charge >= 0.3 is 6.18 Å². The van der Waals surface area contributed by atoms with Crippen LogP contribution in [0.4, 0.5) is 18.3 Å². The summed E-state index contributed by atoms with van der Waals surface area (Å²) in [5.74, 6) is 0.464. The van der Waals surface area contributed by atoms with E-state index in [9.17, 15) is 22.8 Å². The molecule has 0 atom stereocenters. The van der Waals surface area contributed by atoms with Gasteiger partial charge in [0.05, 0.1) is 10.2 Å². The highest BCUT2D eigenvalue weighted by Crippen LogP contribution is 2.37. The topological polar surface area (TPSA) is 82.5 Å². The molecular weight excluding hydrogens is 399 g/mol. The van der Waals surface area contributed by atoms with Gasteiger partial charge in [0.1, 0.15) is 25.3 Å². The molecule has 0 unspecified atom stereocenters. The lowest BCUT2D eigenvalue weighted by molar-refractivity contribution is -0.139. The van der Waals surface area contributed by atoms with Gasteiger partial charge < -0.3 is 19.4 Å². The third-order valence-electron chi connectivity index (χ3n) is 3.94. The average Bonchev–Trinajstić information content (AvgIpc) is 3.01. The molecule has 0 bridgehead atoms. The Morgan fingerprint density at radius 3 is 2.68 bits per heavy atom. The van der Waals surface area contributed by atoms with Crippen molar-refractivity contribution in [2.24, 2.45) is 0 Å². The van der Waals surface area contributed by atoms with Crippen molar-refractivity contribution in [1.29, 1.82) is 0 Å². The number of alkyl halides is 3. The van der Waals surface area contributed by atoms with Crippen LogP contribution in [0.2, 0.25) is 0 Å². The van der Waals surface area contributed by atoms with Gasteiger partial charge in [-0.25, -0.2) is 4.98 Å². The Morgan fingerprint density at radius 2 is 1.96 bits per heavy atom. The molecule has 28 heavy (non-hydrogen) atoms. The lowest BCUT2D eigenvalue weighted by Gasteiger charge is -2.17. The van der Waals surface area contributed by atoms with Crippen molar-refractivity contribution in [3.8, 4) is 11.5 Å². The number of nitrogens with zero attached hydrogens (tertiary/aromatic N) is 2. The fraction of sp³-hybridized carbons (Fsp3) is 0.235. The van der Waals surface area contributed by atoms with E-state index in [1.165, 1.54) is 11.3 Å². The zero-order valence-corrected chi connectivity index (χ0v) is 14.9. The number of pyridine rings is 1. The highest BCUT2D eigenvalue weighted by molar-refractivity contribution is 7.22. The SMILES string of the molecule is O=C(Cn1cccc(C(F)(F)F)c1=O)Nc1nc2cc3c(cc2s1)OCCO3. The number of thiazole rings is 1. The van der Waals surface area contributed by atoms with Crippen LogP contribution in [0.15, 0.2) is 35.3 Å². The van der Waals surface area contributed by atoms with E-state index in [4.69, 9.17) is 9.47 Å².